The smallest absolute Gasteiger partial charge is 0.141 e. The largest absolute Gasteiger partial charge is 0.392 e. The molecule has 1 aliphatic heterocycles. The highest BCUT2D eigenvalue weighted by atomic mass is 35.5. The highest BCUT2D eigenvalue weighted by molar-refractivity contribution is 6.30. The van der Waals surface area contributed by atoms with Crippen LogP contribution in [0.1, 0.15) is 31.7 Å². The van der Waals surface area contributed by atoms with Crippen LogP contribution in [-0.4, -0.2) is 23.0 Å². The number of hydrogen-bond donors (Lipinski definition) is 1. The average Bonchev–Trinajstić information content (AvgIpc) is 2.70. The zero-order valence-electron chi connectivity index (χ0n) is 10.3. The van der Waals surface area contributed by atoms with Gasteiger partial charge in [0.25, 0.3) is 0 Å². The van der Waals surface area contributed by atoms with Crippen LogP contribution in [0.5, 0.6) is 0 Å². The van der Waals surface area contributed by atoms with Crippen LogP contribution >= 0.6 is 11.6 Å². The van der Waals surface area contributed by atoms with Crippen molar-refractivity contribution in [1.82, 2.24) is 0 Å². The maximum Gasteiger partial charge on any atom is 0.141 e. The number of fused-ring (bicyclic) bond motifs is 1. The van der Waals surface area contributed by atoms with Crippen LogP contribution in [0.2, 0.25) is 5.02 Å². The summed E-state index contributed by atoms with van der Waals surface area (Å²) in [4.78, 5) is 5.52. The lowest BCUT2D eigenvalue weighted by molar-refractivity contribution is -0.0605. The zero-order chi connectivity index (χ0) is 12.8. The Morgan fingerprint density at radius 3 is 2.78 bits per heavy atom. The molecule has 2 aliphatic rings. The number of aliphatic hydroxyl groups is 1. The molecule has 3 atom stereocenters. The van der Waals surface area contributed by atoms with E-state index in [2.05, 4.69) is 5.16 Å². The highest BCUT2D eigenvalue weighted by Crippen LogP contribution is 2.45. The first-order valence-electron chi connectivity index (χ1n) is 6.30. The molecule has 18 heavy (non-hydrogen) atoms. The molecule has 1 saturated carbocycles. The minimum absolute atomic E-state index is 0.00747. The fourth-order valence-corrected chi connectivity index (χ4v) is 3.10. The lowest BCUT2D eigenvalue weighted by atomic mass is 9.67. The normalized spacial score (nSPS) is 34.7. The number of nitrogens with zero attached hydrogens (tertiary/aromatic N) is 1. The second-order valence-corrected chi connectivity index (χ2v) is 5.71. The van der Waals surface area contributed by atoms with E-state index in [9.17, 15) is 5.11 Å². The minimum Gasteiger partial charge on any atom is -0.392 e. The molecule has 96 valence electrons. The topological polar surface area (TPSA) is 41.8 Å². The van der Waals surface area contributed by atoms with E-state index < -0.39 is 11.5 Å². The van der Waals surface area contributed by atoms with Gasteiger partial charge in [-0.1, -0.05) is 28.9 Å². The molecular formula is C14H16ClNO2. The summed E-state index contributed by atoms with van der Waals surface area (Å²) < 4.78 is 0. The predicted molar refractivity (Wildman–Crippen MR) is 70.8 cm³/mol. The third-order valence-electron chi connectivity index (χ3n) is 4.20. The summed E-state index contributed by atoms with van der Waals surface area (Å²) in [5.74, 6) is 0. The van der Waals surface area contributed by atoms with Gasteiger partial charge in [0, 0.05) is 10.6 Å². The third-order valence-corrected chi connectivity index (χ3v) is 4.46. The number of rotatable bonds is 1. The van der Waals surface area contributed by atoms with E-state index in [4.69, 9.17) is 16.4 Å². The Morgan fingerprint density at radius 2 is 2.06 bits per heavy atom. The maximum absolute atomic E-state index is 10.3. The molecule has 0 saturated heterocycles. The average molecular weight is 266 g/mol. The van der Waals surface area contributed by atoms with Crippen molar-refractivity contribution in [3.05, 3.63) is 34.9 Å². The number of oxime groups is 1. The van der Waals surface area contributed by atoms with Crippen molar-refractivity contribution in [1.29, 1.82) is 0 Å². The fraction of sp³-hybridized carbons (Fsp3) is 0.500. The SMILES string of the molecule is C[C@@]12C(c3ccc(Cl)cc3)=NO[C@@H]1CCC[C@@H]2O. The summed E-state index contributed by atoms with van der Waals surface area (Å²) in [6.45, 7) is 2.04. The van der Waals surface area contributed by atoms with Crippen LogP contribution in [0.25, 0.3) is 0 Å². The molecule has 0 aromatic heterocycles. The van der Waals surface area contributed by atoms with Gasteiger partial charge in [-0.25, -0.2) is 0 Å². The number of aliphatic hydroxyl groups excluding tert-OH is 1. The molecule has 1 aromatic rings. The summed E-state index contributed by atoms with van der Waals surface area (Å²) in [6, 6.07) is 7.54. The first-order chi connectivity index (χ1) is 8.62. The van der Waals surface area contributed by atoms with E-state index in [1.165, 1.54) is 0 Å². The van der Waals surface area contributed by atoms with Gasteiger partial charge in [0.15, 0.2) is 0 Å². The Bertz CT molecular complexity index is 485. The number of halogens is 1. The lowest BCUT2D eigenvalue weighted by Crippen LogP contribution is -2.49. The van der Waals surface area contributed by atoms with Crippen molar-refractivity contribution < 1.29 is 9.94 Å². The van der Waals surface area contributed by atoms with Crippen LogP contribution in [0.4, 0.5) is 0 Å². The van der Waals surface area contributed by atoms with Gasteiger partial charge in [0.1, 0.15) is 6.10 Å². The van der Waals surface area contributed by atoms with Crippen molar-refractivity contribution in [2.75, 3.05) is 0 Å². The van der Waals surface area contributed by atoms with Gasteiger partial charge in [0.2, 0.25) is 0 Å². The molecule has 3 nitrogen and oxygen atoms in total. The zero-order valence-corrected chi connectivity index (χ0v) is 11.0. The van der Waals surface area contributed by atoms with E-state index in [0.29, 0.717) is 5.02 Å². The monoisotopic (exact) mass is 265 g/mol. The first kappa shape index (κ1) is 12.0. The Morgan fingerprint density at radius 1 is 1.33 bits per heavy atom. The molecule has 1 aliphatic carbocycles. The Kier molecular flexibility index (Phi) is 2.83. The molecule has 1 aromatic carbocycles. The Hall–Kier alpha value is -1.06. The standard InChI is InChI=1S/C14H16ClNO2/c1-14-11(17)3-2-4-12(14)18-16-13(14)9-5-7-10(15)8-6-9/h5-8,11-12,17H,2-4H2,1H3/t11-,12+,14-/m0/s1. The van der Waals surface area contributed by atoms with Gasteiger partial charge >= 0.3 is 0 Å². The number of hydrogen-bond acceptors (Lipinski definition) is 3. The molecule has 0 bridgehead atoms. The van der Waals surface area contributed by atoms with E-state index in [1.807, 2.05) is 31.2 Å². The maximum atomic E-state index is 10.3. The van der Waals surface area contributed by atoms with Gasteiger partial charge in [-0.15, -0.1) is 0 Å². The summed E-state index contributed by atoms with van der Waals surface area (Å²) in [6.07, 6.45) is 2.35. The van der Waals surface area contributed by atoms with Gasteiger partial charge in [-0.3, -0.25) is 0 Å². The third kappa shape index (κ3) is 1.65. The quantitative estimate of drug-likeness (QED) is 0.848. The van der Waals surface area contributed by atoms with Crippen molar-refractivity contribution in [3.63, 3.8) is 0 Å². The van der Waals surface area contributed by atoms with Gasteiger partial charge in [-0.05, 0) is 38.3 Å². The fourth-order valence-electron chi connectivity index (χ4n) is 2.97. The summed E-state index contributed by atoms with van der Waals surface area (Å²) >= 11 is 5.90. The highest BCUT2D eigenvalue weighted by Gasteiger charge is 2.53. The van der Waals surface area contributed by atoms with Gasteiger partial charge in [0.05, 0.1) is 17.2 Å². The molecular weight excluding hydrogens is 250 g/mol. The van der Waals surface area contributed by atoms with Crippen LogP contribution in [0.15, 0.2) is 29.4 Å². The van der Waals surface area contributed by atoms with Crippen LogP contribution < -0.4 is 0 Å². The van der Waals surface area contributed by atoms with Crippen molar-refractivity contribution >= 4 is 17.3 Å². The molecule has 0 amide bonds. The molecule has 0 spiro atoms. The van der Waals surface area contributed by atoms with Crippen molar-refractivity contribution in [2.45, 2.75) is 38.4 Å². The van der Waals surface area contributed by atoms with E-state index >= 15 is 0 Å². The molecule has 1 N–H and O–H groups in total. The summed E-state index contributed by atoms with van der Waals surface area (Å²) in [5, 5.41) is 15.3. The number of benzene rings is 1. The second kappa shape index (κ2) is 4.25. The van der Waals surface area contributed by atoms with Gasteiger partial charge in [-0.2, -0.15) is 0 Å². The van der Waals surface area contributed by atoms with Gasteiger partial charge < -0.3 is 9.94 Å². The van der Waals surface area contributed by atoms with Crippen LogP contribution in [0.3, 0.4) is 0 Å². The summed E-state index contributed by atoms with van der Waals surface area (Å²) in [5.41, 5.74) is 1.42. The van der Waals surface area contributed by atoms with E-state index in [-0.39, 0.29) is 6.10 Å². The molecule has 0 radical (unpaired) electrons. The molecule has 3 rings (SSSR count). The predicted octanol–water partition coefficient (Wildman–Crippen LogP) is 2.99. The van der Waals surface area contributed by atoms with Crippen LogP contribution in [0, 0.1) is 5.41 Å². The molecule has 4 heteroatoms. The lowest BCUT2D eigenvalue weighted by Gasteiger charge is -2.38. The second-order valence-electron chi connectivity index (χ2n) is 5.27. The van der Waals surface area contributed by atoms with Crippen molar-refractivity contribution in [3.8, 4) is 0 Å². The van der Waals surface area contributed by atoms with Crippen LogP contribution in [-0.2, 0) is 4.84 Å². The Balaban J connectivity index is 1.99. The summed E-state index contributed by atoms with van der Waals surface area (Å²) in [7, 11) is 0. The molecule has 1 heterocycles. The van der Waals surface area contributed by atoms with Crippen molar-refractivity contribution in [2.24, 2.45) is 10.6 Å². The Labute approximate surface area is 111 Å². The first-order valence-corrected chi connectivity index (χ1v) is 6.68. The van der Waals surface area contributed by atoms with E-state index in [1.54, 1.807) is 0 Å². The van der Waals surface area contributed by atoms with E-state index in [0.717, 1.165) is 30.5 Å². The molecule has 0 unspecified atom stereocenters. The minimum atomic E-state index is -0.397. The molecule has 1 fully saturated rings.